The number of imidazole rings is 1. The summed E-state index contributed by atoms with van der Waals surface area (Å²) in [4.78, 5) is 4.21. The van der Waals surface area contributed by atoms with Crippen LogP contribution >= 0.6 is 0 Å². The summed E-state index contributed by atoms with van der Waals surface area (Å²) in [6.07, 6.45) is -1.34. The van der Waals surface area contributed by atoms with Gasteiger partial charge in [0.05, 0.1) is 34.1 Å². The van der Waals surface area contributed by atoms with Gasteiger partial charge in [-0.15, -0.1) is 0 Å². The zero-order valence-electron chi connectivity index (χ0n) is 19.8. The molecule has 1 aromatic carbocycles. The van der Waals surface area contributed by atoms with Crippen molar-refractivity contribution in [1.29, 1.82) is 0 Å². The molecule has 1 aliphatic carbocycles. The lowest BCUT2D eigenvalue weighted by molar-refractivity contribution is -0.136. The molecule has 2 aromatic rings. The zero-order valence-corrected chi connectivity index (χ0v) is 19.8. The number of hydrogen-bond acceptors (Lipinski definition) is 5. The first-order chi connectivity index (χ1) is 15.1. The molecule has 0 amide bonds. The number of nitrogens with zero attached hydrogens (tertiary/aromatic N) is 2. The summed E-state index contributed by atoms with van der Waals surface area (Å²) < 4.78 is 49.3. The zero-order chi connectivity index (χ0) is 24.4. The van der Waals surface area contributed by atoms with Gasteiger partial charge in [0.25, 0.3) is 0 Å². The van der Waals surface area contributed by atoms with Crippen LogP contribution in [0.1, 0.15) is 71.9 Å². The molecule has 0 unspecified atom stereocenters. The highest BCUT2D eigenvalue weighted by molar-refractivity contribution is 5.82. The Labute approximate surface area is 192 Å². The molecule has 0 radical (unpaired) electrons. The molecule has 2 fully saturated rings. The molecule has 3 N–H and O–H groups in total. The van der Waals surface area contributed by atoms with Gasteiger partial charge in [-0.3, -0.25) is 0 Å². The Kier molecular flexibility index (Phi) is 5.78. The van der Waals surface area contributed by atoms with E-state index in [0.717, 1.165) is 6.07 Å². The maximum absolute atomic E-state index is 14.0. The molecule has 184 valence electrons. The van der Waals surface area contributed by atoms with Crippen molar-refractivity contribution in [3.05, 3.63) is 24.0 Å². The fourth-order valence-electron chi connectivity index (χ4n) is 5.31. The van der Waals surface area contributed by atoms with Crippen molar-refractivity contribution in [2.24, 2.45) is 5.41 Å². The van der Waals surface area contributed by atoms with Crippen molar-refractivity contribution < 1.29 is 28.1 Å². The van der Waals surface area contributed by atoms with E-state index in [9.17, 15) is 23.4 Å². The van der Waals surface area contributed by atoms with E-state index in [4.69, 9.17) is 4.74 Å². The number of rotatable bonds is 4. The molecule has 0 bridgehead atoms. The number of aliphatic hydroxyl groups is 2. The monoisotopic (exact) mass is 469 g/mol. The maximum Gasteiger partial charge on any atom is 0.418 e. The molecule has 9 heteroatoms. The summed E-state index contributed by atoms with van der Waals surface area (Å²) in [7, 11) is 0. The molecule has 1 saturated carbocycles. The van der Waals surface area contributed by atoms with Crippen molar-refractivity contribution in [3.8, 4) is 5.75 Å². The smallest absolute Gasteiger partial charge is 0.418 e. The molecule has 33 heavy (non-hydrogen) atoms. The summed E-state index contributed by atoms with van der Waals surface area (Å²) in [6.45, 7) is 9.78. The van der Waals surface area contributed by atoms with Crippen molar-refractivity contribution in [2.45, 2.75) is 95.8 Å². The summed E-state index contributed by atoms with van der Waals surface area (Å²) in [6, 6.07) is 2.19. The first kappa shape index (κ1) is 24.3. The molecular formula is C24H34F3N3O3. The van der Waals surface area contributed by atoms with Crippen molar-refractivity contribution in [3.63, 3.8) is 0 Å². The number of aromatic nitrogens is 2. The second kappa shape index (κ2) is 7.85. The van der Waals surface area contributed by atoms with Gasteiger partial charge in [0.1, 0.15) is 12.4 Å². The van der Waals surface area contributed by atoms with E-state index in [1.807, 2.05) is 27.7 Å². The van der Waals surface area contributed by atoms with Crippen LogP contribution in [0.3, 0.4) is 0 Å². The van der Waals surface area contributed by atoms with Crippen LogP contribution in [-0.4, -0.2) is 49.7 Å². The maximum atomic E-state index is 14.0. The molecule has 1 saturated heterocycles. The summed E-state index contributed by atoms with van der Waals surface area (Å²) in [5.74, 6) is 0.0972. The minimum Gasteiger partial charge on any atom is -0.492 e. The first-order valence-corrected chi connectivity index (χ1v) is 11.5. The van der Waals surface area contributed by atoms with Crippen LogP contribution in [0, 0.1) is 5.41 Å². The number of fused-ring (bicyclic) bond motifs is 1. The Hall–Kier alpha value is -1.84. The molecule has 0 spiro atoms. The van der Waals surface area contributed by atoms with Crippen LogP contribution in [0.25, 0.3) is 11.0 Å². The summed E-state index contributed by atoms with van der Waals surface area (Å²) >= 11 is 0. The molecule has 2 aliphatic rings. The Balaban J connectivity index is 1.58. The van der Waals surface area contributed by atoms with Gasteiger partial charge in [-0.1, -0.05) is 20.8 Å². The molecule has 1 aliphatic heterocycles. The average molecular weight is 470 g/mol. The van der Waals surface area contributed by atoms with E-state index in [-0.39, 0.29) is 46.9 Å². The van der Waals surface area contributed by atoms with Gasteiger partial charge in [-0.25, -0.2) is 4.98 Å². The van der Waals surface area contributed by atoms with Crippen LogP contribution in [0.15, 0.2) is 18.5 Å². The predicted octanol–water partition coefficient (Wildman–Crippen LogP) is 4.44. The largest absolute Gasteiger partial charge is 0.492 e. The van der Waals surface area contributed by atoms with Crippen LogP contribution in [0.2, 0.25) is 0 Å². The van der Waals surface area contributed by atoms with Gasteiger partial charge in [0.2, 0.25) is 0 Å². The van der Waals surface area contributed by atoms with Crippen LogP contribution in [0.5, 0.6) is 5.75 Å². The first-order valence-electron chi connectivity index (χ1n) is 11.5. The van der Waals surface area contributed by atoms with E-state index in [1.54, 1.807) is 6.92 Å². The highest BCUT2D eigenvalue weighted by Crippen LogP contribution is 2.45. The molecule has 4 rings (SSSR count). The number of nitrogens with one attached hydrogen (secondary N) is 1. The minimum atomic E-state index is -4.58. The van der Waals surface area contributed by atoms with Crippen molar-refractivity contribution >= 4 is 11.0 Å². The summed E-state index contributed by atoms with van der Waals surface area (Å²) in [5, 5.41) is 24.6. The lowest BCUT2D eigenvalue weighted by atomic mass is 9.68. The van der Waals surface area contributed by atoms with Gasteiger partial charge in [-0.2, -0.15) is 13.2 Å². The van der Waals surface area contributed by atoms with E-state index in [2.05, 4.69) is 10.3 Å². The molecule has 6 nitrogen and oxygen atoms in total. The molecular weight excluding hydrogens is 435 g/mol. The van der Waals surface area contributed by atoms with E-state index in [1.165, 1.54) is 17.0 Å². The number of halogens is 3. The highest BCUT2D eigenvalue weighted by Gasteiger charge is 2.46. The van der Waals surface area contributed by atoms with Gasteiger partial charge in [0, 0.05) is 24.2 Å². The Bertz CT molecular complexity index is 1020. The fraction of sp³-hybridized carbons (Fsp3) is 0.708. The fourth-order valence-corrected chi connectivity index (χ4v) is 5.31. The lowest BCUT2D eigenvalue weighted by Crippen LogP contribution is -2.59. The number of ether oxygens (including phenoxy) is 1. The van der Waals surface area contributed by atoms with E-state index >= 15 is 0 Å². The van der Waals surface area contributed by atoms with Gasteiger partial charge in [-0.05, 0) is 51.0 Å². The predicted molar refractivity (Wildman–Crippen MR) is 119 cm³/mol. The van der Waals surface area contributed by atoms with Gasteiger partial charge in [0.15, 0.2) is 0 Å². The third-order valence-corrected chi connectivity index (χ3v) is 7.29. The topological polar surface area (TPSA) is 79.5 Å². The summed E-state index contributed by atoms with van der Waals surface area (Å²) in [5.41, 5.74) is -2.65. The third-order valence-electron chi connectivity index (χ3n) is 7.29. The number of piperidine rings is 1. The van der Waals surface area contributed by atoms with Crippen LogP contribution < -0.4 is 10.1 Å². The number of benzene rings is 1. The molecule has 1 aromatic heterocycles. The van der Waals surface area contributed by atoms with Crippen molar-refractivity contribution in [2.75, 3.05) is 6.61 Å². The van der Waals surface area contributed by atoms with Gasteiger partial charge >= 0.3 is 6.18 Å². The normalized spacial score (nSPS) is 33.2. The number of hydrogen-bond donors (Lipinski definition) is 3. The third kappa shape index (κ3) is 4.72. The van der Waals surface area contributed by atoms with Crippen LogP contribution in [0.4, 0.5) is 13.2 Å². The average Bonchev–Trinajstić information content (AvgIpc) is 3.05. The quantitative estimate of drug-likeness (QED) is 0.617. The highest BCUT2D eigenvalue weighted by atomic mass is 19.4. The van der Waals surface area contributed by atoms with Crippen molar-refractivity contribution in [1.82, 2.24) is 14.9 Å². The Morgan fingerprint density at radius 2 is 1.82 bits per heavy atom. The standard InChI is InChI=1S/C24H34F3N3O3/c1-14-8-23(32,21(2,3)4)9-15(29-14)12-33-17-6-18(24(25,26)27)20-19(7-17)28-13-30(20)16-10-22(5,31)11-16/h6-7,13-16,29,31-32H,8-12H2,1-5H3/t14-,15-,16?,22?,23-/m0/s1. The molecule has 2 heterocycles. The SMILES string of the molecule is C[C@H]1C[C@@](O)(C(C)(C)C)C[C@@H](COc2cc(C(F)(F)F)c3c(c2)ncn3C2CC(C)(O)C2)N1. The van der Waals surface area contributed by atoms with Gasteiger partial charge < -0.3 is 24.8 Å². The second-order valence-corrected chi connectivity index (χ2v) is 11.3. The number of alkyl halides is 3. The van der Waals surface area contributed by atoms with E-state index in [0.29, 0.717) is 25.7 Å². The minimum absolute atomic E-state index is 0.0156. The van der Waals surface area contributed by atoms with E-state index < -0.39 is 22.9 Å². The lowest BCUT2D eigenvalue weighted by Gasteiger charge is -2.48. The molecule has 3 atom stereocenters. The van der Waals surface area contributed by atoms with Crippen LogP contribution in [-0.2, 0) is 6.18 Å². The second-order valence-electron chi connectivity index (χ2n) is 11.3. The Morgan fingerprint density at radius 1 is 1.15 bits per heavy atom. The Morgan fingerprint density at radius 3 is 2.39 bits per heavy atom.